The Balaban J connectivity index is 1.62. The van der Waals surface area contributed by atoms with Crippen LogP contribution in [0.15, 0.2) is 29.7 Å². The highest BCUT2D eigenvalue weighted by Gasteiger charge is 2.25. The predicted octanol–water partition coefficient (Wildman–Crippen LogP) is 2.38. The number of fused-ring (bicyclic) bond motifs is 1. The van der Waals surface area contributed by atoms with Gasteiger partial charge in [-0.1, -0.05) is 17.8 Å². The fourth-order valence-corrected chi connectivity index (χ4v) is 4.10. The highest BCUT2D eigenvalue weighted by atomic mass is 32.2. The van der Waals surface area contributed by atoms with Crippen molar-refractivity contribution in [3.8, 4) is 5.75 Å². The van der Waals surface area contributed by atoms with Crippen LogP contribution in [0, 0.1) is 10.1 Å². The zero-order valence-electron chi connectivity index (χ0n) is 17.3. The molecule has 12 heteroatoms. The number of benzene rings is 1. The van der Waals surface area contributed by atoms with Crippen molar-refractivity contribution in [2.24, 2.45) is 7.05 Å². The number of nitrogens with zero attached hydrogens (tertiary/aromatic N) is 6. The molecule has 3 heterocycles. The average molecular weight is 446 g/mol. The molecule has 1 aromatic carbocycles. The smallest absolute Gasteiger partial charge is 0.311 e. The number of nitro benzene ring substituents is 1. The summed E-state index contributed by atoms with van der Waals surface area (Å²) in [6, 6.07) is 4.91. The fraction of sp³-hybridized carbons (Fsp3) is 0.421. The summed E-state index contributed by atoms with van der Waals surface area (Å²) in [5, 5.41) is 11.9. The first-order chi connectivity index (χ1) is 15.0. The Kier molecular flexibility index (Phi) is 6.20. The van der Waals surface area contributed by atoms with Crippen molar-refractivity contribution in [3.05, 3.63) is 40.2 Å². The summed E-state index contributed by atoms with van der Waals surface area (Å²) in [4.78, 5) is 26.8. The first kappa shape index (κ1) is 21.3. The molecule has 0 spiro atoms. The summed E-state index contributed by atoms with van der Waals surface area (Å²) in [5.74, 6) is 1.42. The fourth-order valence-electron chi connectivity index (χ4n) is 3.33. The highest BCUT2D eigenvalue weighted by molar-refractivity contribution is 7.98. The number of rotatable bonds is 7. The van der Waals surface area contributed by atoms with E-state index in [1.807, 2.05) is 11.6 Å². The van der Waals surface area contributed by atoms with Crippen molar-refractivity contribution in [2.75, 3.05) is 38.8 Å². The largest absolute Gasteiger partial charge is 0.490 e. The van der Waals surface area contributed by atoms with Gasteiger partial charge >= 0.3 is 5.69 Å². The number of hydrogen-bond acceptors (Lipinski definition) is 10. The van der Waals surface area contributed by atoms with E-state index in [4.69, 9.17) is 19.2 Å². The van der Waals surface area contributed by atoms with E-state index in [1.54, 1.807) is 25.6 Å². The number of aryl methyl sites for hydroxylation is 1. The lowest BCUT2D eigenvalue weighted by Crippen LogP contribution is -2.43. The van der Waals surface area contributed by atoms with E-state index in [1.165, 1.54) is 24.9 Å². The first-order valence-corrected chi connectivity index (χ1v) is 10.5. The van der Waals surface area contributed by atoms with Gasteiger partial charge in [0.25, 0.3) is 0 Å². The Hall–Kier alpha value is -2.96. The van der Waals surface area contributed by atoms with E-state index in [0.29, 0.717) is 41.8 Å². The molecule has 4 rings (SSSR count). The maximum Gasteiger partial charge on any atom is 0.311 e. The monoisotopic (exact) mass is 446 g/mol. The molecule has 3 aromatic rings. The second-order valence-electron chi connectivity index (χ2n) is 6.89. The quantitative estimate of drug-likeness (QED) is 0.232. The van der Waals surface area contributed by atoms with Crippen molar-refractivity contribution < 1.29 is 19.1 Å². The van der Waals surface area contributed by atoms with Crippen LogP contribution in [0.25, 0.3) is 11.2 Å². The lowest BCUT2D eigenvalue weighted by Gasteiger charge is -2.32. The summed E-state index contributed by atoms with van der Waals surface area (Å²) in [6.07, 6.45) is 1.37. The van der Waals surface area contributed by atoms with Crippen LogP contribution in [0.5, 0.6) is 5.75 Å². The van der Waals surface area contributed by atoms with Gasteiger partial charge in [0.2, 0.25) is 0 Å². The molecule has 0 saturated carbocycles. The van der Waals surface area contributed by atoms with Gasteiger partial charge in [-0.25, -0.2) is 15.0 Å². The molecule has 1 saturated heterocycles. The van der Waals surface area contributed by atoms with Gasteiger partial charge in [-0.2, -0.15) is 0 Å². The SMILES string of the molecule is COc1ccc(CSc2nc(N3CCOC(OC)C3)c3ncn(C)c3n2)cc1[N+](=O)[O-]. The van der Waals surface area contributed by atoms with Gasteiger partial charge in [-0.3, -0.25) is 10.1 Å². The zero-order valence-corrected chi connectivity index (χ0v) is 18.2. The van der Waals surface area contributed by atoms with Gasteiger partial charge in [0.05, 0.1) is 31.5 Å². The minimum absolute atomic E-state index is 0.0665. The molecular formula is C19H22N6O5S. The molecule has 0 aliphatic carbocycles. The lowest BCUT2D eigenvalue weighted by molar-refractivity contribution is -0.385. The van der Waals surface area contributed by atoms with Crippen LogP contribution in [0.3, 0.4) is 0 Å². The minimum Gasteiger partial charge on any atom is -0.490 e. The van der Waals surface area contributed by atoms with Crippen molar-refractivity contribution in [1.82, 2.24) is 19.5 Å². The standard InChI is InChI=1S/C19H22N6O5S/c1-23-11-20-16-17(23)21-19(22-18(16)24-6-7-30-15(9-24)29-3)31-10-12-4-5-14(28-2)13(8-12)25(26)27/h4-5,8,11,15H,6-7,9-10H2,1-3H3. The van der Waals surface area contributed by atoms with Crippen LogP contribution in [-0.4, -0.2) is 64.6 Å². The normalized spacial score (nSPS) is 16.6. The Bertz CT molecular complexity index is 1110. The van der Waals surface area contributed by atoms with Gasteiger partial charge in [0.1, 0.15) is 0 Å². The van der Waals surface area contributed by atoms with E-state index in [-0.39, 0.29) is 17.7 Å². The highest BCUT2D eigenvalue weighted by Crippen LogP contribution is 2.32. The third-order valence-electron chi connectivity index (χ3n) is 4.93. The Labute approximate surface area is 182 Å². The summed E-state index contributed by atoms with van der Waals surface area (Å²) < 4.78 is 17.8. The second-order valence-corrected chi connectivity index (χ2v) is 7.83. The number of aromatic nitrogens is 4. The molecule has 1 aliphatic rings. The summed E-state index contributed by atoms with van der Waals surface area (Å²) in [5.41, 5.74) is 2.14. The number of morpholine rings is 1. The molecule has 0 N–H and O–H groups in total. The topological polar surface area (TPSA) is 118 Å². The third kappa shape index (κ3) is 4.40. The number of methoxy groups -OCH3 is 2. The molecular weight excluding hydrogens is 424 g/mol. The van der Waals surface area contributed by atoms with Crippen LogP contribution < -0.4 is 9.64 Å². The van der Waals surface area contributed by atoms with E-state index >= 15 is 0 Å². The maximum atomic E-state index is 11.3. The van der Waals surface area contributed by atoms with Gasteiger partial charge in [0, 0.05) is 32.5 Å². The van der Waals surface area contributed by atoms with E-state index in [2.05, 4.69) is 14.9 Å². The van der Waals surface area contributed by atoms with Crippen LogP contribution in [-0.2, 0) is 22.3 Å². The molecule has 11 nitrogen and oxygen atoms in total. The molecule has 1 aliphatic heterocycles. The second kappa shape index (κ2) is 9.04. The number of anilines is 1. The van der Waals surface area contributed by atoms with Crippen molar-refractivity contribution in [2.45, 2.75) is 17.2 Å². The minimum atomic E-state index is -0.450. The van der Waals surface area contributed by atoms with Gasteiger partial charge in [0.15, 0.2) is 34.2 Å². The van der Waals surface area contributed by atoms with Crippen LogP contribution >= 0.6 is 11.8 Å². The number of ether oxygens (including phenoxy) is 3. The number of hydrogen-bond donors (Lipinski definition) is 0. The average Bonchev–Trinajstić information content (AvgIpc) is 3.17. The number of thioether (sulfide) groups is 1. The zero-order chi connectivity index (χ0) is 22.0. The molecule has 1 unspecified atom stereocenters. The third-order valence-corrected chi connectivity index (χ3v) is 5.84. The summed E-state index contributed by atoms with van der Waals surface area (Å²) >= 11 is 1.40. The van der Waals surface area contributed by atoms with Crippen molar-refractivity contribution in [1.29, 1.82) is 0 Å². The van der Waals surface area contributed by atoms with Crippen LogP contribution in [0.1, 0.15) is 5.56 Å². The molecule has 0 radical (unpaired) electrons. The molecule has 164 valence electrons. The maximum absolute atomic E-state index is 11.3. The predicted molar refractivity (Wildman–Crippen MR) is 114 cm³/mol. The number of imidazole rings is 1. The summed E-state index contributed by atoms with van der Waals surface area (Å²) in [7, 11) is 4.90. The van der Waals surface area contributed by atoms with E-state index < -0.39 is 4.92 Å². The summed E-state index contributed by atoms with van der Waals surface area (Å²) in [6.45, 7) is 1.72. The Morgan fingerprint density at radius 1 is 1.35 bits per heavy atom. The molecule has 31 heavy (non-hydrogen) atoms. The molecule has 2 aromatic heterocycles. The lowest BCUT2D eigenvalue weighted by atomic mass is 10.2. The molecule has 0 bridgehead atoms. The van der Waals surface area contributed by atoms with E-state index in [0.717, 1.165) is 11.4 Å². The first-order valence-electron chi connectivity index (χ1n) is 9.52. The van der Waals surface area contributed by atoms with Crippen molar-refractivity contribution in [3.63, 3.8) is 0 Å². The Morgan fingerprint density at radius 2 is 2.19 bits per heavy atom. The molecule has 0 amide bonds. The molecule has 1 fully saturated rings. The van der Waals surface area contributed by atoms with Gasteiger partial charge in [-0.15, -0.1) is 0 Å². The Morgan fingerprint density at radius 3 is 2.94 bits per heavy atom. The van der Waals surface area contributed by atoms with Gasteiger partial charge < -0.3 is 23.7 Å². The van der Waals surface area contributed by atoms with Crippen molar-refractivity contribution >= 4 is 34.4 Å². The van der Waals surface area contributed by atoms with Crippen LogP contribution in [0.2, 0.25) is 0 Å². The van der Waals surface area contributed by atoms with Gasteiger partial charge in [-0.05, 0) is 11.6 Å². The number of nitro groups is 1. The molecule has 1 atom stereocenters. The van der Waals surface area contributed by atoms with E-state index in [9.17, 15) is 10.1 Å². The van der Waals surface area contributed by atoms with Crippen LogP contribution in [0.4, 0.5) is 11.5 Å².